The smallest absolute Gasteiger partial charge is 0.260 e. The molecule has 1 saturated heterocycles. The number of piperazine rings is 1. The van der Waals surface area contributed by atoms with E-state index in [1.54, 1.807) is 28.0 Å². The van der Waals surface area contributed by atoms with E-state index in [1.807, 2.05) is 42.5 Å². The van der Waals surface area contributed by atoms with Crippen molar-refractivity contribution in [1.82, 2.24) is 9.80 Å². The average Bonchev–Trinajstić information content (AvgIpc) is 2.82. The second kappa shape index (κ2) is 9.38. The first kappa shape index (κ1) is 20.5. The average molecular weight is 420 g/mol. The Morgan fingerprint density at radius 1 is 0.742 bits per heavy atom. The summed E-state index contributed by atoms with van der Waals surface area (Å²) in [5.41, 5.74) is 0. The lowest BCUT2D eigenvalue weighted by molar-refractivity contribution is -0.141. The Bertz CT molecular complexity index is 1080. The predicted molar refractivity (Wildman–Crippen MR) is 116 cm³/mol. The van der Waals surface area contributed by atoms with E-state index in [0.29, 0.717) is 31.9 Å². The highest BCUT2D eigenvalue weighted by Gasteiger charge is 2.24. The minimum atomic E-state index is -0.178. The largest absolute Gasteiger partial charge is 0.504 e. The van der Waals surface area contributed by atoms with E-state index in [1.165, 1.54) is 6.07 Å². The maximum atomic E-state index is 12.5. The molecule has 1 heterocycles. The van der Waals surface area contributed by atoms with Gasteiger partial charge in [-0.25, -0.2) is 0 Å². The van der Waals surface area contributed by atoms with Gasteiger partial charge in [0.25, 0.3) is 11.8 Å². The van der Waals surface area contributed by atoms with Crippen LogP contribution in [0.15, 0.2) is 66.7 Å². The van der Waals surface area contributed by atoms with Gasteiger partial charge in [-0.05, 0) is 35.0 Å². The summed E-state index contributed by atoms with van der Waals surface area (Å²) in [6.45, 7) is 1.57. The second-order valence-corrected chi connectivity index (χ2v) is 7.32. The number of hydrogen-bond donors (Lipinski definition) is 1. The van der Waals surface area contributed by atoms with Crippen LogP contribution in [0, 0.1) is 0 Å². The molecule has 0 saturated carbocycles. The van der Waals surface area contributed by atoms with Gasteiger partial charge in [0.2, 0.25) is 0 Å². The van der Waals surface area contributed by atoms with Gasteiger partial charge in [0.05, 0.1) is 0 Å². The van der Waals surface area contributed by atoms with E-state index < -0.39 is 0 Å². The monoisotopic (exact) mass is 420 g/mol. The van der Waals surface area contributed by atoms with E-state index >= 15 is 0 Å². The number of hydrogen-bond acceptors (Lipinski definition) is 5. The zero-order valence-electron chi connectivity index (χ0n) is 17.1. The van der Waals surface area contributed by atoms with Crippen molar-refractivity contribution in [3.05, 3.63) is 66.7 Å². The van der Waals surface area contributed by atoms with Crippen LogP contribution >= 0.6 is 0 Å². The number of aromatic hydroxyl groups is 1. The summed E-state index contributed by atoms with van der Waals surface area (Å²) >= 11 is 0. The van der Waals surface area contributed by atoms with Gasteiger partial charge in [-0.15, -0.1) is 0 Å². The fourth-order valence-electron chi connectivity index (χ4n) is 3.51. The number of fused-ring (bicyclic) bond motifs is 1. The molecule has 1 N–H and O–H groups in total. The number of ether oxygens (including phenoxy) is 2. The SMILES string of the molecule is O=C(COc1ccc2ccccc2c1)N1CCN(C(=O)COc2ccccc2O)CC1. The predicted octanol–water partition coefficient (Wildman–Crippen LogP) is 2.67. The van der Waals surface area contributed by atoms with E-state index in [4.69, 9.17) is 9.47 Å². The van der Waals surface area contributed by atoms with Crippen LogP contribution in [0.5, 0.6) is 17.2 Å². The van der Waals surface area contributed by atoms with Crippen molar-refractivity contribution >= 4 is 22.6 Å². The number of amides is 2. The normalized spacial score (nSPS) is 13.8. The maximum absolute atomic E-state index is 12.5. The van der Waals surface area contributed by atoms with Gasteiger partial charge >= 0.3 is 0 Å². The van der Waals surface area contributed by atoms with Crippen LogP contribution in [0.3, 0.4) is 0 Å². The number of phenols is 1. The third kappa shape index (κ3) is 5.06. The molecule has 0 atom stereocenters. The molecule has 4 rings (SSSR count). The third-order valence-corrected chi connectivity index (χ3v) is 5.28. The molecule has 1 aliphatic heterocycles. The van der Waals surface area contributed by atoms with Crippen LogP contribution in [0.1, 0.15) is 0 Å². The highest BCUT2D eigenvalue weighted by molar-refractivity contribution is 5.84. The molecular weight excluding hydrogens is 396 g/mol. The molecule has 0 aliphatic carbocycles. The molecule has 3 aromatic carbocycles. The van der Waals surface area contributed by atoms with Gasteiger partial charge in [0.1, 0.15) is 5.75 Å². The van der Waals surface area contributed by atoms with Crippen molar-refractivity contribution < 1.29 is 24.2 Å². The summed E-state index contributed by atoms with van der Waals surface area (Å²) in [5.74, 6) is 0.642. The highest BCUT2D eigenvalue weighted by Crippen LogP contribution is 2.24. The van der Waals surface area contributed by atoms with E-state index in [0.717, 1.165) is 10.8 Å². The summed E-state index contributed by atoms with van der Waals surface area (Å²) < 4.78 is 11.1. The Labute approximate surface area is 180 Å². The summed E-state index contributed by atoms with van der Waals surface area (Å²) in [6, 6.07) is 20.2. The zero-order valence-corrected chi connectivity index (χ0v) is 17.1. The number of carbonyl (C=O) groups excluding carboxylic acids is 2. The molecule has 3 aromatic rings. The first-order valence-electron chi connectivity index (χ1n) is 10.2. The lowest BCUT2D eigenvalue weighted by atomic mass is 10.1. The molecule has 1 aliphatic rings. The molecule has 2 amide bonds. The molecule has 0 bridgehead atoms. The molecule has 7 heteroatoms. The van der Waals surface area contributed by atoms with Gasteiger partial charge in [-0.2, -0.15) is 0 Å². The standard InChI is InChI=1S/C24H24N2O5/c27-21-7-3-4-8-22(21)31-17-24(29)26-13-11-25(12-14-26)23(28)16-30-20-10-9-18-5-1-2-6-19(18)15-20/h1-10,15,27H,11-14,16-17H2. The van der Waals surface area contributed by atoms with E-state index in [-0.39, 0.29) is 36.5 Å². The first-order chi connectivity index (χ1) is 15.1. The maximum Gasteiger partial charge on any atom is 0.260 e. The zero-order chi connectivity index (χ0) is 21.6. The van der Waals surface area contributed by atoms with E-state index in [2.05, 4.69) is 0 Å². The van der Waals surface area contributed by atoms with Crippen molar-refractivity contribution in [2.24, 2.45) is 0 Å². The third-order valence-electron chi connectivity index (χ3n) is 5.28. The Morgan fingerprint density at radius 2 is 1.32 bits per heavy atom. The van der Waals surface area contributed by atoms with E-state index in [9.17, 15) is 14.7 Å². The Morgan fingerprint density at radius 3 is 2.00 bits per heavy atom. The van der Waals surface area contributed by atoms with Gasteiger partial charge in [-0.3, -0.25) is 9.59 Å². The lowest BCUT2D eigenvalue weighted by Crippen LogP contribution is -2.52. The van der Waals surface area contributed by atoms with Crippen molar-refractivity contribution in [2.45, 2.75) is 0 Å². The molecule has 1 fully saturated rings. The lowest BCUT2D eigenvalue weighted by Gasteiger charge is -2.34. The number of benzene rings is 3. The quantitative estimate of drug-likeness (QED) is 0.663. The molecule has 160 valence electrons. The van der Waals surface area contributed by atoms with Gasteiger partial charge in [-0.1, -0.05) is 42.5 Å². The van der Waals surface area contributed by atoms with Crippen LogP contribution < -0.4 is 9.47 Å². The van der Waals surface area contributed by atoms with Gasteiger partial charge < -0.3 is 24.4 Å². The van der Waals surface area contributed by atoms with Gasteiger partial charge in [0, 0.05) is 26.2 Å². The minimum absolute atomic E-state index is 0.00266. The van der Waals surface area contributed by atoms with Crippen LogP contribution in [-0.2, 0) is 9.59 Å². The second-order valence-electron chi connectivity index (χ2n) is 7.32. The van der Waals surface area contributed by atoms with Crippen LogP contribution in [0.25, 0.3) is 10.8 Å². The minimum Gasteiger partial charge on any atom is -0.504 e. The van der Waals surface area contributed by atoms with Crippen LogP contribution in [-0.4, -0.2) is 66.1 Å². The highest BCUT2D eigenvalue weighted by atomic mass is 16.5. The number of para-hydroxylation sites is 2. The fraction of sp³-hybridized carbons (Fsp3) is 0.250. The Hall–Kier alpha value is -3.74. The molecule has 31 heavy (non-hydrogen) atoms. The fourth-order valence-corrected chi connectivity index (χ4v) is 3.51. The molecular formula is C24H24N2O5. The van der Waals surface area contributed by atoms with Crippen LogP contribution in [0.2, 0.25) is 0 Å². The van der Waals surface area contributed by atoms with Crippen molar-refractivity contribution in [1.29, 1.82) is 0 Å². The molecule has 0 aromatic heterocycles. The van der Waals surface area contributed by atoms with Crippen LogP contribution in [0.4, 0.5) is 0 Å². The van der Waals surface area contributed by atoms with Crippen molar-refractivity contribution in [3.63, 3.8) is 0 Å². The Balaban J connectivity index is 1.22. The van der Waals surface area contributed by atoms with Crippen molar-refractivity contribution in [3.8, 4) is 17.2 Å². The summed E-state index contributed by atoms with van der Waals surface area (Å²) in [7, 11) is 0. The van der Waals surface area contributed by atoms with Gasteiger partial charge in [0.15, 0.2) is 24.7 Å². The molecule has 7 nitrogen and oxygen atoms in total. The first-order valence-corrected chi connectivity index (χ1v) is 10.2. The summed E-state index contributed by atoms with van der Waals surface area (Å²) in [4.78, 5) is 28.2. The molecule has 0 spiro atoms. The molecule has 0 unspecified atom stereocenters. The number of phenolic OH excluding ortho intramolecular Hbond substituents is 1. The number of carbonyl (C=O) groups is 2. The topological polar surface area (TPSA) is 79.3 Å². The Kier molecular flexibility index (Phi) is 6.21. The summed E-state index contributed by atoms with van der Waals surface area (Å²) in [5, 5.41) is 11.9. The number of rotatable bonds is 6. The number of nitrogens with zero attached hydrogens (tertiary/aromatic N) is 2. The molecule has 0 radical (unpaired) electrons. The van der Waals surface area contributed by atoms with Crippen molar-refractivity contribution in [2.75, 3.05) is 39.4 Å². The summed E-state index contributed by atoms with van der Waals surface area (Å²) in [6.07, 6.45) is 0.